The van der Waals surface area contributed by atoms with Crippen molar-refractivity contribution < 1.29 is 23.8 Å². The third kappa shape index (κ3) is 4.44. The molecule has 2 heterocycles. The van der Waals surface area contributed by atoms with Crippen molar-refractivity contribution in [2.45, 2.75) is 44.3 Å². The molecule has 0 amide bonds. The number of hydrogen-bond acceptors (Lipinski definition) is 5. The Kier molecular flexibility index (Phi) is 5.60. The Balaban J connectivity index is 1.72. The Morgan fingerprint density at radius 3 is 2.58 bits per heavy atom. The number of rotatable bonds is 4. The standard InChI is InChI=1S/C13H19ClO5/c14-12(15)11-7-9(4-6-18-11)8-19-13(16)10-3-1-2-5-17-10/h9-11H,1-8H2. The topological polar surface area (TPSA) is 61.8 Å². The highest BCUT2D eigenvalue weighted by Crippen LogP contribution is 2.23. The molecule has 0 saturated carbocycles. The average Bonchev–Trinajstić information content (AvgIpc) is 2.46. The summed E-state index contributed by atoms with van der Waals surface area (Å²) in [6.45, 7) is 1.41. The first-order valence-corrected chi connectivity index (χ1v) is 7.14. The fourth-order valence-electron chi connectivity index (χ4n) is 2.39. The number of halogens is 1. The van der Waals surface area contributed by atoms with Crippen LogP contribution in [0.3, 0.4) is 0 Å². The van der Waals surface area contributed by atoms with Crippen molar-refractivity contribution in [3.63, 3.8) is 0 Å². The molecule has 0 bridgehead atoms. The lowest BCUT2D eigenvalue weighted by molar-refractivity contribution is -0.162. The van der Waals surface area contributed by atoms with Gasteiger partial charge in [0.2, 0.25) is 5.24 Å². The van der Waals surface area contributed by atoms with Crippen molar-refractivity contribution in [1.29, 1.82) is 0 Å². The summed E-state index contributed by atoms with van der Waals surface area (Å²) in [5, 5.41) is -0.480. The number of hydrogen-bond donors (Lipinski definition) is 0. The van der Waals surface area contributed by atoms with E-state index in [0.29, 0.717) is 26.2 Å². The first-order chi connectivity index (χ1) is 9.16. The summed E-state index contributed by atoms with van der Waals surface area (Å²) in [5.41, 5.74) is 0. The lowest BCUT2D eigenvalue weighted by Crippen LogP contribution is -2.35. The van der Waals surface area contributed by atoms with E-state index >= 15 is 0 Å². The molecule has 0 aromatic rings. The second-order valence-corrected chi connectivity index (χ2v) is 5.41. The average molecular weight is 291 g/mol. The minimum absolute atomic E-state index is 0.133. The molecule has 2 saturated heterocycles. The molecule has 0 N–H and O–H groups in total. The van der Waals surface area contributed by atoms with Crippen LogP contribution in [-0.4, -0.2) is 43.2 Å². The van der Waals surface area contributed by atoms with Crippen LogP contribution in [0.25, 0.3) is 0 Å². The first-order valence-electron chi connectivity index (χ1n) is 6.76. The van der Waals surface area contributed by atoms with Gasteiger partial charge in [-0.05, 0) is 49.6 Å². The molecule has 0 aromatic carbocycles. The number of ether oxygens (including phenoxy) is 3. The molecule has 0 radical (unpaired) electrons. The van der Waals surface area contributed by atoms with E-state index in [1.54, 1.807) is 0 Å². The number of esters is 1. The summed E-state index contributed by atoms with van der Waals surface area (Å²) < 4.78 is 15.9. The van der Waals surface area contributed by atoms with E-state index in [-0.39, 0.29) is 11.9 Å². The van der Waals surface area contributed by atoms with E-state index < -0.39 is 17.5 Å². The zero-order valence-electron chi connectivity index (χ0n) is 10.8. The van der Waals surface area contributed by atoms with Crippen molar-refractivity contribution in [1.82, 2.24) is 0 Å². The molecule has 19 heavy (non-hydrogen) atoms. The second-order valence-electron chi connectivity index (χ2n) is 5.04. The van der Waals surface area contributed by atoms with E-state index in [1.807, 2.05) is 0 Å². The van der Waals surface area contributed by atoms with Crippen LogP contribution >= 0.6 is 11.6 Å². The van der Waals surface area contributed by atoms with Crippen molar-refractivity contribution in [3.05, 3.63) is 0 Å². The maximum absolute atomic E-state index is 11.8. The number of carbonyl (C=O) groups is 2. The summed E-state index contributed by atoms with van der Waals surface area (Å²) in [4.78, 5) is 22.8. The Hall–Kier alpha value is -0.650. The maximum atomic E-state index is 11.8. The van der Waals surface area contributed by atoms with Gasteiger partial charge in [0.15, 0.2) is 6.10 Å². The van der Waals surface area contributed by atoms with Gasteiger partial charge in [-0.3, -0.25) is 4.79 Å². The van der Waals surface area contributed by atoms with E-state index in [0.717, 1.165) is 25.7 Å². The van der Waals surface area contributed by atoms with Gasteiger partial charge in [-0.2, -0.15) is 0 Å². The van der Waals surface area contributed by atoms with Crippen molar-refractivity contribution in [2.75, 3.05) is 19.8 Å². The summed E-state index contributed by atoms with van der Waals surface area (Å²) >= 11 is 5.41. The van der Waals surface area contributed by atoms with Gasteiger partial charge in [0.1, 0.15) is 6.10 Å². The zero-order valence-corrected chi connectivity index (χ0v) is 11.6. The molecule has 3 atom stereocenters. The molecular formula is C13H19ClO5. The van der Waals surface area contributed by atoms with Crippen LogP contribution in [0, 0.1) is 5.92 Å². The molecule has 2 aliphatic rings. The Bertz CT molecular complexity index is 327. The lowest BCUT2D eigenvalue weighted by Gasteiger charge is -2.28. The van der Waals surface area contributed by atoms with E-state index in [9.17, 15) is 9.59 Å². The van der Waals surface area contributed by atoms with Crippen LogP contribution in [0.5, 0.6) is 0 Å². The third-order valence-electron chi connectivity index (χ3n) is 3.55. The minimum atomic E-state index is -0.565. The fraction of sp³-hybridized carbons (Fsp3) is 0.846. The zero-order chi connectivity index (χ0) is 13.7. The van der Waals surface area contributed by atoms with Crippen LogP contribution in [0.15, 0.2) is 0 Å². The summed E-state index contributed by atoms with van der Waals surface area (Å²) in [6.07, 6.45) is 3.04. The Morgan fingerprint density at radius 2 is 1.89 bits per heavy atom. The molecule has 6 heteroatoms. The minimum Gasteiger partial charge on any atom is -0.463 e. The molecule has 3 unspecified atom stereocenters. The van der Waals surface area contributed by atoms with E-state index in [4.69, 9.17) is 25.8 Å². The van der Waals surface area contributed by atoms with Gasteiger partial charge >= 0.3 is 5.97 Å². The lowest BCUT2D eigenvalue weighted by atomic mass is 9.97. The van der Waals surface area contributed by atoms with Crippen LogP contribution in [0.4, 0.5) is 0 Å². The second kappa shape index (κ2) is 7.22. The van der Waals surface area contributed by atoms with Crippen LogP contribution in [0.2, 0.25) is 0 Å². The van der Waals surface area contributed by atoms with Gasteiger partial charge in [-0.15, -0.1) is 0 Å². The molecule has 0 spiro atoms. The Labute approximate surface area is 117 Å². The van der Waals surface area contributed by atoms with Crippen LogP contribution in [0.1, 0.15) is 32.1 Å². The first kappa shape index (κ1) is 14.8. The molecule has 0 aromatic heterocycles. The van der Waals surface area contributed by atoms with Crippen molar-refractivity contribution in [2.24, 2.45) is 5.92 Å². The highest BCUT2D eigenvalue weighted by Gasteiger charge is 2.29. The van der Waals surface area contributed by atoms with Gasteiger partial charge in [0.05, 0.1) is 6.61 Å². The van der Waals surface area contributed by atoms with Gasteiger partial charge in [0, 0.05) is 13.2 Å². The molecule has 5 nitrogen and oxygen atoms in total. The molecule has 108 valence electrons. The predicted molar refractivity (Wildman–Crippen MR) is 67.9 cm³/mol. The van der Waals surface area contributed by atoms with Crippen LogP contribution in [-0.2, 0) is 23.8 Å². The van der Waals surface area contributed by atoms with Gasteiger partial charge in [-0.25, -0.2) is 4.79 Å². The number of carbonyl (C=O) groups excluding carboxylic acids is 2. The highest BCUT2D eigenvalue weighted by molar-refractivity contribution is 6.64. The fourth-order valence-corrected chi connectivity index (χ4v) is 2.55. The van der Waals surface area contributed by atoms with E-state index in [2.05, 4.69) is 0 Å². The van der Waals surface area contributed by atoms with Gasteiger partial charge in [0.25, 0.3) is 0 Å². The van der Waals surface area contributed by atoms with Gasteiger partial charge in [-0.1, -0.05) is 0 Å². The van der Waals surface area contributed by atoms with Crippen LogP contribution < -0.4 is 0 Å². The van der Waals surface area contributed by atoms with Gasteiger partial charge < -0.3 is 14.2 Å². The van der Waals surface area contributed by atoms with Crippen molar-refractivity contribution in [3.8, 4) is 0 Å². The smallest absolute Gasteiger partial charge is 0.335 e. The third-order valence-corrected chi connectivity index (χ3v) is 3.79. The largest absolute Gasteiger partial charge is 0.463 e. The summed E-state index contributed by atoms with van der Waals surface area (Å²) in [7, 11) is 0. The van der Waals surface area contributed by atoms with E-state index in [1.165, 1.54) is 0 Å². The maximum Gasteiger partial charge on any atom is 0.335 e. The summed E-state index contributed by atoms with van der Waals surface area (Å²) in [5.74, 6) is -0.158. The Morgan fingerprint density at radius 1 is 1.11 bits per heavy atom. The molecule has 2 aliphatic heterocycles. The molecule has 2 rings (SSSR count). The summed E-state index contributed by atoms with van der Waals surface area (Å²) in [6, 6.07) is 0. The molecule has 0 aliphatic carbocycles. The monoisotopic (exact) mass is 290 g/mol. The SMILES string of the molecule is O=C(Cl)C1CC(COC(=O)C2CCCCO2)CCO1. The predicted octanol–water partition coefficient (Wildman–Crippen LogP) is 1.66. The van der Waals surface area contributed by atoms with Crippen molar-refractivity contribution >= 4 is 22.8 Å². The molecule has 2 fully saturated rings. The molecular weight excluding hydrogens is 272 g/mol. The highest BCUT2D eigenvalue weighted by atomic mass is 35.5. The quantitative estimate of drug-likeness (QED) is 0.582. The normalized spacial score (nSPS) is 31.7.